The molecule has 1 heterocycles. The SMILES string of the molecule is COC(=O)c1ccc(S(=O)(=O)NCC2(C)CCNCC2)c(Cl)c1.Cl. The predicted molar refractivity (Wildman–Crippen MR) is 95.4 cm³/mol. The Morgan fingerprint density at radius 1 is 1.38 bits per heavy atom. The van der Waals surface area contributed by atoms with Gasteiger partial charge in [-0.25, -0.2) is 17.9 Å². The molecule has 24 heavy (non-hydrogen) atoms. The lowest BCUT2D eigenvalue weighted by Gasteiger charge is -2.34. The first-order chi connectivity index (χ1) is 10.8. The third-order valence-electron chi connectivity index (χ3n) is 4.14. The molecule has 0 radical (unpaired) electrons. The zero-order valence-electron chi connectivity index (χ0n) is 13.6. The van der Waals surface area contributed by atoms with Crippen LogP contribution in [0.4, 0.5) is 0 Å². The lowest BCUT2D eigenvalue weighted by molar-refractivity contribution is 0.0600. The molecule has 1 aliphatic heterocycles. The number of carbonyl (C=O) groups is 1. The van der Waals surface area contributed by atoms with E-state index in [0.29, 0.717) is 6.54 Å². The van der Waals surface area contributed by atoms with Crippen LogP contribution in [0.25, 0.3) is 0 Å². The number of esters is 1. The minimum absolute atomic E-state index is 0. The number of benzene rings is 1. The van der Waals surface area contributed by atoms with E-state index in [1.807, 2.05) is 0 Å². The topological polar surface area (TPSA) is 84.5 Å². The third-order valence-corrected chi connectivity index (χ3v) is 6.03. The van der Waals surface area contributed by atoms with E-state index in [-0.39, 0.29) is 33.3 Å². The van der Waals surface area contributed by atoms with Crippen LogP contribution in [-0.2, 0) is 14.8 Å². The molecule has 0 unspecified atom stereocenters. The second kappa shape index (κ2) is 8.49. The maximum Gasteiger partial charge on any atom is 0.337 e. The Morgan fingerprint density at radius 3 is 2.54 bits per heavy atom. The molecular formula is C15H22Cl2N2O4S. The number of sulfonamides is 1. The smallest absolute Gasteiger partial charge is 0.337 e. The minimum atomic E-state index is -3.73. The molecule has 0 atom stereocenters. The molecular weight excluding hydrogens is 375 g/mol. The van der Waals surface area contributed by atoms with Crippen molar-refractivity contribution in [3.63, 3.8) is 0 Å². The van der Waals surface area contributed by atoms with Crippen molar-refractivity contribution in [2.24, 2.45) is 5.41 Å². The van der Waals surface area contributed by atoms with Crippen LogP contribution in [0.15, 0.2) is 23.1 Å². The number of nitrogens with one attached hydrogen (secondary N) is 2. The zero-order chi connectivity index (χ0) is 17.1. The van der Waals surface area contributed by atoms with E-state index in [1.54, 1.807) is 0 Å². The van der Waals surface area contributed by atoms with Crippen molar-refractivity contribution in [1.29, 1.82) is 0 Å². The van der Waals surface area contributed by atoms with Gasteiger partial charge in [0.2, 0.25) is 10.0 Å². The monoisotopic (exact) mass is 396 g/mol. The van der Waals surface area contributed by atoms with Crippen molar-refractivity contribution in [1.82, 2.24) is 10.0 Å². The van der Waals surface area contributed by atoms with Gasteiger partial charge >= 0.3 is 5.97 Å². The van der Waals surface area contributed by atoms with Crippen molar-refractivity contribution in [2.75, 3.05) is 26.7 Å². The molecule has 2 N–H and O–H groups in total. The molecule has 1 fully saturated rings. The van der Waals surface area contributed by atoms with E-state index in [0.717, 1.165) is 25.9 Å². The molecule has 6 nitrogen and oxygen atoms in total. The van der Waals surface area contributed by atoms with Crippen LogP contribution in [0, 0.1) is 5.41 Å². The Morgan fingerprint density at radius 2 is 2.00 bits per heavy atom. The van der Waals surface area contributed by atoms with E-state index >= 15 is 0 Å². The highest BCUT2D eigenvalue weighted by atomic mass is 35.5. The van der Waals surface area contributed by atoms with Gasteiger partial charge in [0.25, 0.3) is 0 Å². The Balaban J connectivity index is 0.00000288. The minimum Gasteiger partial charge on any atom is -0.465 e. The number of hydrogen-bond donors (Lipinski definition) is 2. The summed E-state index contributed by atoms with van der Waals surface area (Å²) in [5.74, 6) is -0.564. The van der Waals surface area contributed by atoms with Gasteiger partial charge in [0.1, 0.15) is 4.90 Å². The first-order valence-corrected chi connectivity index (χ1v) is 9.22. The van der Waals surface area contributed by atoms with E-state index < -0.39 is 16.0 Å². The first kappa shape index (κ1) is 21.2. The van der Waals surface area contributed by atoms with Crippen LogP contribution in [0.3, 0.4) is 0 Å². The lowest BCUT2D eigenvalue weighted by atomic mass is 9.81. The molecule has 0 saturated carbocycles. The summed E-state index contributed by atoms with van der Waals surface area (Å²) in [4.78, 5) is 11.4. The molecule has 1 aromatic rings. The molecule has 9 heteroatoms. The van der Waals surface area contributed by atoms with Gasteiger partial charge in [0, 0.05) is 6.54 Å². The molecule has 0 spiro atoms. The second-order valence-electron chi connectivity index (χ2n) is 6.02. The van der Waals surface area contributed by atoms with Crippen LogP contribution in [-0.4, -0.2) is 41.1 Å². The standard InChI is InChI=1S/C15H21ClN2O4S.ClH/c1-15(5-7-17-8-6-15)10-18-23(20,21)13-4-3-11(9-12(13)16)14(19)22-2;/h3-4,9,17-18H,5-8,10H2,1-2H3;1H. The Kier molecular flexibility index (Phi) is 7.49. The molecule has 136 valence electrons. The Labute approximate surface area is 153 Å². The number of hydrogen-bond acceptors (Lipinski definition) is 5. The fourth-order valence-electron chi connectivity index (χ4n) is 2.52. The maximum atomic E-state index is 12.5. The van der Waals surface area contributed by atoms with Crippen LogP contribution >= 0.6 is 24.0 Å². The Hall–Kier alpha value is -0.860. The van der Waals surface area contributed by atoms with Gasteiger partial charge in [-0.05, 0) is 49.5 Å². The van der Waals surface area contributed by atoms with Gasteiger partial charge < -0.3 is 10.1 Å². The molecule has 0 aliphatic carbocycles. The van der Waals surface area contributed by atoms with Gasteiger partial charge in [-0.1, -0.05) is 18.5 Å². The van der Waals surface area contributed by atoms with Crippen LogP contribution in [0.5, 0.6) is 0 Å². The molecule has 0 amide bonds. The summed E-state index contributed by atoms with van der Waals surface area (Å²) in [6.45, 7) is 4.18. The average molecular weight is 397 g/mol. The number of piperidine rings is 1. The number of halogens is 2. The quantitative estimate of drug-likeness (QED) is 0.745. The molecule has 0 aromatic heterocycles. The highest BCUT2D eigenvalue weighted by molar-refractivity contribution is 7.89. The van der Waals surface area contributed by atoms with Crippen molar-refractivity contribution in [3.05, 3.63) is 28.8 Å². The highest BCUT2D eigenvalue weighted by Crippen LogP contribution is 2.28. The van der Waals surface area contributed by atoms with Crippen LogP contribution in [0.1, 0.15) is 30.1 Å². The number of rotatable bonds is 5. The van der Waals surface area contributed by atoms with Gasteiger partial charge in [-0.3, -0.25) is 0 Å². The third kappa shape index (κ3) is 5.07. The van der Waals surface area contributed by atoms with E-state index in [4.69, 9.17) is 11.6 Å². The molecule has 1 saturated heterocycles. The van der Waals surface area contributed by atoms with Gasteiger partial charge in [0.05, 0.1) is 17.7 Å². The largest absolute Gasteiger partial charge is 0.465 e. The summed E-state index contributed by atoms with van der Waals surface area (Å²) in [6, 6.07) is 4.01. The predicted octanol–water partition coefficient (Wildman–Crippen LogP) is 2.22. The molecule has 1 aromatic carbocycles. The van der Waals surface area contributed by atoms with E-state index in [1.165, 1.54) is 25.3 Å². The normalized spacial score (nSPS) is 17.0. The van der Waals surface area contributed by atoms with Crippen molar-refractivity contribution in [3.8, 4) is 0 Å². The summed E-state index contributed by atoms with van der Waals surface area (Å²) >= 11 is 6.03. The van der Waals surface area contributed by atoms with Crippen molar-refractivity contribution >= 4 is 40.0 Å². The summed E-state index contributed by atoms with van der Waals surface area (Å²) in [5, 5.41) is 3.25. The first-order valence-electron chi connectivity index (χ1n) is 7.36. The van der Waals surface area contributed by atoms with Crippen molar-refractivity contribution in [2.45, 2.75) is 24.7 Å². The second-order valence-corrected chi connectivity index (χ2v) is 8.16. The van der Waals surface area contributed by atoms with Gasteiger partial charge in [-0.2, -0.15) is 0 Å². The van der Waals surface area contributed by atoms with Gasteiger partial charge in [0.15, 0.2) is 0 Å². The Bertz CT molecular complexity index is 689. The number of carbonyl (C=O) groups excluding carboxylic acids is 1. The lowest BCUT2D eigenvalue weighted by Crippen LogP contribution is -2.42. The fraction of sp³-hybridized carbons (Fsp3) is 0.533. The maximum absolute atomic E-state index is 12.5. The molecule has 1 aliphatic rings. The van der Waals surface area contributed by atoms with E-state index in [9.17, 15) is 13.2 Å². The van der Waals surface area contributed by atoms with Crippen LogP contribution in [0.2, 0.25) is 5.02 Å². The molecule has 2 rings (SSSR count). The highest BCUT2D eigenvalue weighted by Gasteiger charge is 2.29. The van der Waals surface area contributed by atoms with Gasteiger partial charge in [-0.15, -0.1) is 12.4 Å². The fourth-order valence-corrected chi connectivity index (χ4v) is 4.26. The average Bonchev–Trinajstić information content (AvgIpc) is 2.53. The number of ether oxygens (including phenoxy) is 1. The summed E-state index contributed by atoms with van der Waals surface area (Å²) in [6.07, 6.45) is 1.81. The van der Waals surface area contributed by atoms with E-state index in [2.05, 4.69) is 21.7 Å². The summed E-state index contributed by atoms with van der Waals surface area (Å²) < 4.78 is 32.1. The molecule has 0 bridgehead atoms. The summed E-state index contributed by atoms with van der Waals surface area (Å²) in [5.41, 5.74) is 0.137. The summed E-state index contributed by atoms with van der Waals surface area (Å²) in [7, 11) is -2.48. The van der Waals surface area contributed by atoms with Crippen LogP contribution < -0.4 is 10.0 Å². The zero-order valence-corrected chi connectivity index (χ0v) is 16.0. The van der Waals surface area contributed by atoms with Crippen molar-refractivity contribution < 1.29 is 17.9 Å². The number of methoxy groups -OCH3 is 1.